The summed E-state index contributed by atoms with van der Waals surface area (Å²) in [6.07, 6.45) is 6.12. The summed E-state index contributed by atoms with van der Waals surface area (Å²) in [4.78, 5) is 19.5. The predicted molar refractivity (Wildman–Crippen MR) is 123 cm³/mol. The van der Waals surface area contributed by atoms with Gasteiger partial charge in [-0.3, -0.25) is 0 Å². The minimum absolute atomic E-state index is 0.0791. The highest BCUT2D eigenvalue weighted by Gasteiger charge is 2.28. The first-order valence-electron chi connectivity index (χ1n) is 10.5. The van der Waals surface area contributed by atoms with E-state index in [1.807, 2.05) is 48.6 Å². The maximum atomic E-state index is 12.2. The standard InChI is InChI=1S/C26H23N3O2/c30-26(27-14-6-5-7-18-12-13-24-25(15-18)29-17-28-24)31-16-23-21-10-3-1-8-19(21)20-9-2-4-11-22(20)23/h1-5,7-13,15,17,23H,6,14,16H2,(H,27,30)(H,28,29). The number of carbonyl (C=O) groups is 1. The molecule has 1 aliphatic rings. The third-order valence-electron chi connectivity index (χ3n) is 5.68. The average molecular weight is 409 g/mol. The SMILES string of the molecule is O=C(NCCC=Cc1ccc2nc[nH]c2c1)OCC1c2ccccc2-c2ccccc21. The largest absolute Gasteiger partial charge is 0.449 e. The van der Waals surface area contributed by atoms with Crippen LogP contribution < -0.4 is 5.32 Å². The Labute approximate surface area is 180 Å². The second-order valence-electron chi connectivity index (χ2n) is 7.62. The molecule has 1 aromatic heterocycles. The lowest BCUT2D eigenvalue weighted by atomic mass is 9.98. The molecule has 1 aliphatic carbocycles. The van der Waals surface area contributed by atoms with E-state index in [9.17, 15) is 4.79 Å². The fraction of sp³-hybridized carbons (Fsp3) is 0.154. The van der Waals surface area contributed by atoms with Crippen molar-refractivity contribution in [2.24, 2.45) is 0 Å². The highest BCUT2D eigenvalue weighted by Crippen LogP contribution is 2.44. The molecule has 31 heavy (non-hydrogen) atoms. The molecule has 5 heteroatoms. The number of amides is 1. The van der Waals surface area contributed by atoms with E-state index in [1.54, 1.807) is 6.33 Å². The van der Waals surface area contributed by atoms with Crippen molar-refractivity contribution < 1.29 is 9.53 Å². The van der Waals surface area contributed by atoms with Crippen molar-refractivity contribution in [3.63, 3.8) is 0 Å². The lowest BCUT2D eigenvalue weighted by Gasteiger charge is -2.14. The van der Waals surface area contributed by atoms with Crippen LogP contribution in [0, 0.1) is 0 Å². The molecular weight excluding hydrogens is 386 g/mol. The minimum Gasteiger partial charge on any atom is -0.449 e. The Morgan fingerprint density at radius 1 is 1.03 bits per heavy atom. The summed E-state index contributed by atoms with van der Waals surface area (Å²) < 4.78 is 5.56. The zero-order valence-electron chi connectivity index (χ0n) is 17.0. The number of aromatic nitrogens is 2. The summed E-state index contributed by atoms with van der Waals surface area (Å²) >= 11 is 0. The number of aromatic amines is 1. The number of imidazole rings is 1. The third-order valence-corrected chi connectivity index (χ3v) is 5.68. The van der Waals surface area contributed by atoms with Crippen LogP contribution in [0.25, 0.3) is 28.2 Å². The minimum atomic E-state index is -0.380. The van der Waals surface area contributed by atoms with Crippen molar-refractivity contribution >= 4 is 23.2 Å². The van der Waals surface area contributed by atoms with E-state index in [2.05, 4.69) is 45.6 Å². The summed E-state index contributed by atoms with van der Waals surface area (Å²) in [7, 11) is 0. The normalized spacial score (nSPS) is 12.8. The van der Waals surface area contributed by atoms with Crippen LogP contribution in [0.3, 0.4) is 0 Å². The average Bonchev–Trinajstić information content (AvgIpc) is 3.40. The topological polar surface area (TPSA) is 67.0 Å². The highest BCUT2D eigenvalue weighted by molar-refractivity contribution is 5.79. The molecule has 0 atom stereocenters. The van der Waals surface area contributed by atoms with Crippen molar-refractivity contribution in [3.05, 3.63) is 95.8 Å². The van der Waals surface area contributed by atoms with Crippen LogP contribution in [-0.4, -0.2) is 29.2 Å². The molecule has 0 radical (unpaired) electrons. The Morgan fingerprint density at radius 3 is 2.55 bits per heavy atom. The fourth-order valence-corrected chi connectivity index (χ4v) is 4.18. The number of rotatable bonds is 6. The number of nitrogens with one attached hydrogen (secondary N) is 2. The highest BCUT2D eigenvalue weighted by atomic mass is 16.5. The van der Waals surface area contributed by atoms with Gasteiger partial charge in [0.2, 0.25) is 0 Å². The van der Waals surface area contributed by atoms with Crippen LogP contribution in [0.5, 0.6) is 0 Å². The molecule has 0 saturated carbocycles. The van der Waals surface area contributed by atoms with E-state index >= 15 is 0 Å². The lowest BCUT2D eigenvalue weighted by molar-refractivity contribution is 0.143. The van der Waals surface area contributed by atoms with Gasteiger partial charge in [-0.05, 0) is 46.4 Å². The Kier molecular flexibility index (Phi) is 5.23. The maximum Gasteiger partial charge on any atom is 0.407 e. The van der Waals surface area contributed by atoms with E-state index < -0.39 is 0 Å². The number of alkyl carbamates (subject to hydrolysis) is 1. The van der Waals surface area contributed by atoms with Gasteiger partial charge in [0.25, 0.3) is 0 Å². The zero-order valence-corrected chi connectivity index (χ0v) is 17.0. The number of fused-ring (bicyclic) bond motifs is 4. The van der Waals surface area contributed by atoms with Crippen LogP contribution in [0.15, 0.2) is 79.1 Å². The number of H-pyrrole nitrogens is 1. The van der Waals surface area contributed by atoms with Gasteiger partial charge in [0.15, 0.2) is 0 Å². The molecule has 0 aliphatic heterocycles. The first kappa shape index (κ1) is 19.1. The second-order valence-corrected chi connectivity index (χ2v) is 7.62. The number of benzene rings is 3. The molecule has 5 nitrogen and oxygen atoms in total. The van der Waals surface area contributed by atoms with Crippen molar-refractivity contribution in [1.29, 1.82) is 0 Å². The molecule has 5 rings (SSSR count). The number of hydrogen-bond donors (Lipinski definition) is 2. The predicted octanol–water partition coefficient (Wildman–Crippen LogP) is 5.50. The molecule has 4 aromatic rings. The van der Waals surface area contributed by atoms with E-state index in [1.165, 1.54) is 22.3 Å². The number of ether oxygens (including phenoxy) is 1. The summed E-state index contributed by atoms with van der Waals surface area (Å²) in [6, 6.07) is 22.7. The van der Waals surface area contributed by atoms with Crippen molar-refractivity contribution in [2.45, 2.75) is 12.3 Å². The van der Waals surface area contributed by atoms with Crippen LogP contribution in [0.2, 0.25) is 0 Å². The van der Waals surface area contributed by atoms with Gasteiger partial charge in [-0.2, -0.15) is 0 Å². The van der Waals surface area contributed by atoms with Gasteiger partial charge in [0, 0.05) is 12.5 Å². The molecule has 2 N–H and O–H groups in total. The van der Waals surface area contributed by atoms with Gasteiger partial charge in [-0.25, -0.2) is 9.78 Å². The van der Waals surface area contributed by atoms with Gasteiger partial charge in [0.05, 0.1) is 17.4 Å². The Morgan fingerprint density at radius 2 is 1.77 bits per heavy atom. The molecule has 0 unspecified atom stereocenters. The summed E-state index contributed by atoms with van der Waals surface area (Å²) in [6.45, 7) is 0.860. The molecule has 1 heterocycles. The van der Waals surface area contributed by atoms with Crippen LogP contribution in [0.4, 0.5) is 4.79 Å². The zero-order chi connectivity index (χ0) is 21.0. The summed E-state index contributed by atoms with van der Waals surface area (Å²) in [5, 5.41) is 2.84. The first-order valence-corrected chi connectivity index (χ1v) is 10.5. The molecule has 0 spiro atoms. The number of nitrogens with zero attached hydrogens (tertiary/aromatic N) is 1. The van der Waals surface area contributed by atoms with Gasteiger partial charge >= 0.3 is 6.09 Å². The van der Waals surface area contributed by atoms with Gasteiger partial charge < -0.3 is 15.0 Å². The molecule has 0 bridgehead atoms. The number of hydrogen-bond acceptors (Lipinski definition) is 3. The third kappa shape index (κ3) is 3.94. The van der Waals surface area contributed by atoms with Crippen LogP contribution >= 0.6 is 0 Å². The maximum absolute atomic E-state index is 12.2. The second kappa shape index (κ2) is 8.48. The van der Waals surface area contributed by atoms with Crippen LogP contribution in [-0.2, 0) is 4.74 Å². The van der Waals surface area contributed by atoms with E-state index in [0.29, 0.717) is 13.2 Å². The fourth-order valence-electron chi connectivity index (χ4n) is 4.18. The Bertz CT molecular complexity index is 1210. The summed E-state index contributed by atoms with van der Waals surface area (Å²) in [5.74, 6) is 0.0791. The monoisotopic (exact) mass is 409 g/mol. The van der Waals surface area contributed by atoms with E-state index in [4.69, 9.17) is 4.74 Å². The van der Waals surface area contributed by atoms with Gasteiger partial charge in [-0.15, -0.1) is 0 Å². The van der Waals surface area contributed by atoms with Crippen molar-refractivity contribution in [2.75, 3.05) is 13.2 Å². The molecule has 1 amide bonds. The van der Waals surface area contributed by atoms with Gasteiger partial charge in [0.1, 0.15) is 6.61 Å². The number of carbonyl (C=O) groups excluding carboxylic acids is 1. The quantitative estimate of drug-likeness (QED) is 0.413. The molecule has 0 saturated heterocycles. The molecular formula is C26H23N3O2. The van der Waals surface area contributed by atoms with Crippen LogP contribution in [0.1, 0.15) is 29.0 Å². The first-order chi connectivity index (χ1) is 15.3. The van der Waals surface area contributed by atoms with Crippen molar-refractivity contribution in [1.82, 2.24) is 15.3 Å². The van der Waals surface area contributed by atoms with Gasteiger partial charge in [-0.1, -0.05) is 66.7 Å². The lowest BCUT2D eigenvalue weighted by Crippen LogP contribution is -2.26. The molecule has 0 fully saturated rings. The summed E-state index contributed by atoms with van der Waals surface area (Å²) in [5.41, 5.74) is 7.95. The Balaban J connectivity index is 1.12. The molecule has 3 aromatic carbocycles. The van der Waals surface area contributed by atoms with Crippen molar-refractivity contribution in [3.8, 4) is 11.1 Å². The smallest absolute Gasteiger partial charge is 0.407 e. The Hall–Kier alpha value is -3.86. The molecule has 154 valence electrons. The van der Waals surface area contributed by atoms with E-state index in [0.717, 1.165) is 23.0 Å². The van der Waals surface area contributed by atoms with E-state index in [-0.39, 0.29) is 12.0 Å².